The molecule has 0 aromatic heterocycles. The van der Waals surface area contributed by atoms with Gasteiger partial charge in [0.1, 0.15) is 5.69 Å². The Morgan fingerprint density at radius 2 is 1.53 bits per heavy atom. The van der Waals surface area contributed by atoms with E-state index in [9.17, 15) is 0 Å². The number of nitrogen functional groups attached to an aromatic ring is 2. The Kier molecular flexibility index (Phi) is 8.49. The van der Waals surface area contributed by atoms with E-state index in [2.05, 4.69) is 59.4 Å². The number of aliphatic imine (C=N–C) groups is 1. The average Bonchev–Trinajstić information content (AvgIpc) is 2.86. The molecular weight excluding hydrogens is 444 g/mol. The van der Waals surface area contributed by atoms with Gasteiger partial charge in [-0.25, -0.2) is 4.99 Å². The van der Waals surface area contributed by atoms with Crippen molar-refractivity contribution in [3.05, 3.63) is 71.3 Å². The van der Waals surface area contributed by atoms with Crippen LogP contribution >= 0.6 is 0 Å². The Labute approximate surface area is 215 Å². The topological polar surface area (TPSA) is 106 Å². The van der Waals surface area contributed by atoms with Gasteiger partial charge < -0.3 is 27.4 Å². The Morgan fingerprint density at radius 1 is 0.889 bits per heavy atom. The zero-order valence-corrected chi connectivity index (χ0v) is 21.7. The minimum absolute atomic E-state index is 0.252. The SMILES string of the molecule is Cc1cccc(C)c1-c1cc(N)c(N=C(N)Nc2ccc(CCCCN3CCCCC3)cc2)c(N)c1. The number of piperidine rings is 1. The van der Waals surface area contributed by atoms with E-state index >= 15 is 0 Å². The van der Waals surface area contributed by atoms with Gasteiger partial charge in [-0.2, -0.15) is 0 Å². The molecule has 3 aromatic carbocycles. The maximum absolute atomic E-state index is 6.35. The van der Waals surface area contributed by atoms with Crippen molar-refractivity contribution in [1.82, 2.24) is 4.90 Å². The number of hydrogen-bond donors (Lipinski definition) is 4. The van der Waals surface area contributed by atoms with E-state index in [0.29, 0.717) is 17.1 Å². The van der Waals surface area contributed by atoms with Crippen LogP contribution in [0.1, 0.15) is 48.8 Å². The molecule has 6 heteroatoms. The summed E-state index contributed by atoms with van der Waals surface area (Å²) in [6, 6.07) is 18.4. The predicted molar refractivity (Wildman–Crippen MR) is 155 cm³/mol. The van der Waals surface area contributed by atoms with Gasteiger partial charge in [0, 0.05) is 5.69 Å². The Balaban J connectivity index is 1.35. The largest absolute Gasteiger partial charge is 0.397 e. The fourth-order valence-electron chi connectivity index (χ4n) is 5.12. The van der Waals surface area contributed by atoms with E-state index in [0.717, 1.165) is 23.2 Å². The number of guanidine groups is 1. The molecule has 0 radical (unpaired) electrons. The summed E-state index contributed by atoms with van der Waals surface area (Å²) in [6.07, 6.45) is 7.68. The highest BCUT2D eigenvalue weighted by molar-refractivity contribution is 5.97. The second kappa shape index (κ2) is 12.0. The number of hydrogen-bond acceptors (Lipinski definition) is 4. The fraction of sp³-hybridized carbons (Fsp3) is 0.367. The minimum Gasteiger partial charge on any atom is -0.397 e. The minimum atomic E-state index is 0.252. The van der Waals surface area contributed by atoms with Gasteiger partial charge >= 0.3 is 0 Å². The van der Waals surface area contributed by atoms with Gasteiger partial charge in [0.25, 0.3) is 0 Å². The molecule has 0 saturated carbocycles. The lowest BCUT2D eigenvalue weighted by molar-refractivity contribution is 0.225. The number of nitrogens with one attached hydrogen (secondary N) is 1. The molecule has 1 aliphatic rings. The van der Waals surface area contributed by atoms with Crippen LogP contribution in [0.15, 0.2) is 59.6 Å². The normalized spacial score (nSPS) is 14.7. The van der Waals surface area contributed by atoms with Crippen molar-refractivity contribution in [2.24, 2.45) is 10.7 Å². The Morgan fingerprint density at radius 3 is 2.17 bits per heavy atom. The van der Waals surface area contributed by atoms with Crippen LogP contribution in [0.4, 0.5) is 22.7 Å². The highest BCUT2D eigenvalue weighted by Crippen LogP contribution is 2.37. The zero-order valence-electron chi connectivity index (χ0n) is 21.7. The summed E-state index contributed by atoms with van der Waals surface area (Å²) in [5.74, 6) is 0.252. The average molecular weight is 485 g/mol. The molecule has 0 atom stereocenters. The molecule has 0 amide bonds. The van der Waals surface area contributed by atoms with E-state index in [4.69, 9.17) is 17.2 Å². The number of unbranched alkanes of at least 4 members (excludes halogenated alkanes) is 1. The summed E-state index contributed by atoms with van der Waals surface area (Å²) in [6.45, 7) is 7.95. The highest BCUT2D eigenvalue weighted by atomic mass is 15.1. The number of rotatable bonds is 8. The van der Waals surface area contributed by atoms with Gasteiger partial charge in [-0.05, 0) is 118 Å². The quantitative estimate of drug-likeness (QED) is 0.136. The molecule has 190 valence electrons. The number of likely N-dealkylation sites (tertiary alicyclic amines) is 1. The first kappa shape index (κ1) is 25.6. The van der Waals surface area contributed by atoms with Crippen LogP contribution in [-0.2, 0) is 6.42 Å². The van der Waals surface area contributed by atoms with Crippen molar-refractivity contribution >= 4 is 28.7 Å². The molecule has 7 N–H and O–H groups in total. The van der Waals surface area contributed by atoms with Gasteiger partial charge in [0.2, 0.25) is 0 Å². The van der Waals surface area contributed by atoms with Crippen LogP contribution in [0.25, 0.3) is 11.1 Å². The molecule has 6 nitrogen and oxygen atoms in total. The third kappa shape index (κ3) is 6.58. The molecule has 1 aliphatic heterocycles. The Hall–Kier alpha value is -3.51. The molecule has 0 unspecified atom stereocenters. The van der Waals surface area contributed by atoms with Crippen LogP contribution in [-0.4, -0.2) is 30.5 Å². The highest BCUT2D eigenvalue weighted by Gasteiger charge is 2.12. The van der Waals surface area contributed by atoms with Gasteiger partial charge in [0.05, 0.1) is 11.4 Å². The summed E-state index contributed by atoms with van der Waals surface area (Å²) >= 11 is 0. The second-order valence-corrected chi connectivity index (χ2v) is 9.95. The van der Waals surface area contributed by atoms with Crippen LogP contribution in [0.3, 0.4) is 0 Å². The molecule has 1 saturated heterocycles. The lowest BCUT2D eigenvalue weighted by atomic mass is 9.95. The molecule has 1 fully saturated rings. The lowest BCUT2D eigenvalue weighted by Crippen LogP contribution is -2.30. The molecule has 0 aliphatic carbocycles. The molecule has 0 bridgehead atoms. The molecule has 4 rings (SSSR count). The number of benzene rings is 3. The van der Waals surface area contributed by atoms with E-state index in [1.807, 2.05) is 24.3 Å². The molecule has 36 heavy (non-hydrogen) atoms. The zero-order chi connectivity index (χ0) is 25.5. The van der Waals surface area contributed by atoms with Crippen molar-refractivity contribution in [2.75, 3.05) is 36.4 Å². The van der Waals surface area contributed by atoms with Crippen LogP contribution in [0.5, 0.6) is 0 Å². The van der Waals surface area contributed by atoms with Crippen molar-refractivity contribution in [3.8, 4) is 11.1 Å². The first-order chi connectivity index (χ1) is 17.4. The van der Waals surface area contributed by atoms with Crippen LogP contribution in [0, 0.1) is 13.8 Å². The number of aryl methyl sites for hydroxylation is 3. The maximum Gasteiger partial charge on any atom is 0.198 e. The van der Waals surface area contributed by atoms with E-state index in [-0.39, 0.29) is 5.96 Å². The van der Waals surface area contributed by atoms with Gasteiger partial charge in [-0.3, -0.25) is 0 Å². The van der Waals surface area contributed by atoms with Crippen molar-refractivity contribution in [1.29, 1.82) is 0 Å². The summed E-state index contributed by atoms with van der Waals surface area (Å²) < 4.78 is 0. The lowest BCUT2D eigenvalue weighted by Gasteiger charge is -2.26. The van der Waals surface area contributed by atoms with Crippen molar-refractivity contribution < 1.29 is 0 Å². The standard InChI is InChI=1S/C30H40N6/c1-21-9-8-10-22(2)28(21)24-19-26(31)29(27(32)20-24)35-30(33)34-25-14-12-23(13-15-25)11-4-7-18-36-16-5-3-6-17-36/h8-10,12-15,19-20H,3-7,11,16-18,31-32H2,1-2H3,(H3,33,34,35). The second-order valence-electron chi connectivity index (χ2n) is 9.95. The van der Waals surface area contributed by atoms with Gasteiger partial charge in [0.15, 0.2) is 5.96 Å². The van der Waals surface area contributed by atoms with Crippen molar-refractivity contribution in [3.63, 3.8) is 0 Å². The third-order valence-electron chi connectivity index (χ3n) is 7.04. The van der Waals surface area contributed by atoms with Crippen LogP contribution in [0.2, 0.25) is 0 Å². The third-order valence-corrected chi connectivity index (χ3v) is 7.04. The molecule has 3 aromatic rings. The van der Waals surface area contributed by atoms with E-state index in [1.165, 1.54) is 68.4 Å². The molecule has 1 heterocycles. The Bertz CT molecular complexity index is 1150. The number of nitrogens with zero attached hydrogens (tertiary/aromatic N) is 2. The van der Waals surface area contributed by atoms with Crippen molar-refractivity contribution in [2.45, 2.75) is 52.4 Å². The molecular formula is C30H40N6. The summed E-state index contributed by atoms with van der Waals surface area (Å²) in [5, 5.41) is 3.16. The first-order valence-electron chi connectivity index (χ1n) is 13.1. The summed E-state index contributed by atoms with van der Waals surface area (Å²) in [4.78, 5) is 7.10. The van der Waals surface area contributed by atoms with Gasteiger partial charge in [-0.15, -0.1) is 0 Å². The predicted octanol–water partition coefficient (Wildman–Crippen LogP) is 6.00. The number of anilines is 3. The van der Waals surface area contributed by atoms with Crippen LogP contribution < -0.4 is 22.5 Å². The maximum atomic E-state index is 6.35. The fourth-order valence-corrected chi connectivity index (χ4v) is 5.12. The van der Waals surface area contributed by atoms with E-state index in [1.54, 1.807) is 0 Å². The smallest absolute Gasteiger partial charge is 0.198 e. The van der Waals surface area contributed by atoms with Gasteiger partial charge in [-0.1, -0.05) is 36.8 Å². The monoisotopic (exact) mass is 484 g/mol. The molecule has 0 spiro atoms. The number of nitrogens with two attached hydrogens (primary N) is 3. The van der Waals surface area contributed by atoms with E-state index < -0.39 is 0 Å². The first-order valence-corrected chi connectivity index (χ1v) is 13.1. The summed E-state index contributed by atoms with van der Waals surface area (Å²) in [7, 11) is 0. The summed E-state index contributed by atoms with van der Waals surface area (Å²) in [5.41, 5.74) is 27.1.